The zero-order chi connectivity index (χ0) is 14.3. The van der Waals surface area contributed by atoms with E-state index in [0.717, 1.165) is 30.8 Å². The van der Waals surface area contributed by atoms with Crippen LogP contribution in [-0.4, -0.2) is 10.6 Å². The second-order valence-electron chi connectivity index (χ2n) is 7.15. The molecule has 2 heteroatoms. The Morgan fingerprint density at radius 2 is 2.10 bits per heavy atom. The third-order valence-corrected chi connectivity index (χ3v) is 6.04. The molecule has 1 heterocycles. The molecule has 2 aliphatic rings. The van der Waals surface area contributed by atoms with Gasteiger partial charge < -0.3 is 9.88 Å². The Balaban J connectivity index is 1.59. The minimum absolute atomic E-state index is 0.676. The van der Waals surface area contributed by atoms with Gasteiger partial charge in [-0.05, 0) is 76.3 Å². The van der Waals surface area contributed by atoms with Gasteiger partial charge in [-0.25, -0.2) is 0 Å². The summed E-state index contributed by atoms with van der Waals surface area (Å²) in [6.45, 7) is 11.2. The highest BCUT2D eigenvalue weighted by molar-refractivity contribution is 5.26. The van der Waals surface area contributed by atoms with Crippen LogP contribution < -0.4 is 5.32 Å². The van der Waals surface area contributed by atoms with Gasteiger partial charge in [0.25, 0.3) is 0 Å². The van der Waals surface area contributed by atoms with Crippen LogP contribution in [0.25, 0.3) is 0 Å². The van der Waals surface area contributed by atoms with Crippen molar-refractivity contribution in [2.45, 2.75) is 72.5 Å². The number of aryl methyl sites for hydroxylation is 1. The van der Waals surface area contributed by atoms with Gasteiger partial charge in [0, 0.05) is 30.5 Å². The van der Waals surface area contributed by atoms with Crippen LogP contribution in [0.1, 0.15) is 56.5 Å². The molecule has 0 spiro atoms. The second kappa shape index (κ2) is 5.55. The minimum Gasteiger partial charge on any atom is -0.349 e. The Labute approximate surface area is 123 Å². The highest BCUT2D eigenvalue weighted by Crippen LogP contribution is 2.49. The summed E-state index contributed by atoms with van der Waals surface area (Å²) in [5, 5.41) is 3.82. The molecule has 0 saturated heterocycles. The molecule has 112 valence electrons. The molecular weight excluding hydrogens is 244 g/mol. The second-order valence-corrected chi connectivity index (χ2v) is 7.15. The molecule has 2 aliphatic carbocycles. The number of aromatic nitrogens is 1. The molecule has 4 unspecified atom stereocenters. The van der Waals surface area contributed by atoms with Crippen molar-refractivity contribution in [3.63, 3.8) is 0 Å². The van der Waals surface area contributed by atoms with E-state index < -0.39 is 0 Å². The monoisotopic (exact) mass is 274 g/mol. The van der Waals surface area contributed by atoms with Crippen molar-refractivity contribution in [3.05, 3.63) is 23.0 Å². The van der Waals surface area contributed by atoms with E-state index in [1.165, 1.54) is 42.6 Å². The Bertz CT molecular complexity index is 474. The Kier molecular flexibility index (Phi) is 3.94. The van der Waals surface area contributed by atoms with Crippen LogP contribution in [-0.2, 0) is 13.1 Å². The van der Waals surface area contributed by atoms with Crippen molar-refractivity contribution < 1.29 is 0 Å². The lowest BCUT2D eigenvalue weighted by atomic mass is 9.84. The summed E-state index contributed by atoms with van der Waals surface area (Å²) in [6.07, 6.45) is 5.99. The number of fused-ring (bicyclic) bond motifs is 2. The molecule has 1 N–H and O–H groups in total. The summed E-state index contributed by atoms with van der Waals surface area (Å²) in [5.74, 6) is 3.01. The lowest BCUT2D eigenvalue weighted by molar-refractivity contribution is 0.259. The van der Waals surface area contributed by atoms with Gasteiger partial charge in [0.05, 0.1) is 0 Å². The van der Waals surface area contributed by atoms with E-state index in [0.29, 0.717) is 6.04 Å². The molecule has 0 aromatic carbocycles. The summed E-state index contributed by atoms with van der Waals surface area (Å²) in [7, 11) is 0. The lowest BCUT2D eigenvalue weighted by Crippen LogP contribution is -2.35. The van der Waals surface area contributed by atoms with Crippen LogP contribution in [0.2, 0.25) is 0 Å². The molecule has 0 amide bonds. The van der Waals surface area contributed by atoms with E-state index in [1.807, 2.05) is 0 Å². The van der Waals surface area contributed by atoms with Crippen LogP contribution >= 0.6 is 0 Å². The first-order chi connectivity index (χ1) is 9.60. The predicted octanol–water partition coefficient (Wildman–Crippen LogP) is 4.04. The summed E-state index contributed by atoms with van der Waals surface area (Å²) < 4.78 is 2.42. The maximum absolute atomic E-state index is 3.82. The Hall–Kier alpha value is -0.760. The van der Waals surface area contributed by atoms with Crippen molar-refractivity contribution in [3.8, 4) is 0 Å². The maximum atomic E-state index is 3.82. The number of rotatable bonds is 5. The van der Waals surface area contributed by atoms with Crippen LogP contribution in [0, 0.1) is 31.6 Å². The zero-order valence-electron chi connectivity index (χ0n) is 13.6. The normalized spacial score (nSPS) is 30.1. The Morgan fingerprint density at radius 1 is 1.30 bits per heavy atom. The van der Waals surface area contributed by atoms with E-state index >= 15 is 0 Å². The minimum atomic E-state index is 0.676. The molecular formula is C18H30N2. The number of nitrogens with one attached hydrogen (secondary N) is 1. The van der Waals surface area contributed by atoms with Gasteiger partial charge in [-0.1, -0.05) is 6.42 Å². The molecule has 1 aromatic heterocycles. The largest absolute Gasteiger partial charge is 0.349 e. The number of nitrogens with zero attached hydrogens (tertiary/aromatic N) is 1. The number of hydrogen-bond acceptors (Lipinski definition) is 1. The van der Waals surface area contributed by atoms with E-state index in [1.54, 1.807) is 0 Å². The van der Waals surface area contributed by atoms with Gasteiger partial charge >= 0.3 is 0 Å². The molecule has 1 aromatic rings. The van der Waals surface area contributed by atoms with Crippen LogP contribution in [0.15, 0.2) is 6.07 Å². The standard InChI is InChI=1S/C18H30N2/c1-5-20-12(2)8-17(14(20)4)11-19-13(3)18-10-15-6-7-16(18)9-15/h8,13,15-16,18-19H,5-7,9-11H2,1-4H3. The Morgan fingerprint density at radius 3 is 2.65 bits per heavy atom. The first-order valence-electron chi connectivity index (χ1n) is 8.49. The quantitative estimate of drug-likeness (QED) is 0.857. The van der Waals surface area contributed by atoms with Crippen molar-refractivity contribution in [1.29, 1.82) is 0 Å². The molecule has 2 fully saturated rings. The summed E-state index contributed by atoms with van der Waals surface area (Å²) >= 11 is 0. The highest BCUT2D eigenvalue weighted by Gasteiger charge is 2.41. The summed E-state index contributed by atoms with van der Waals surface area (Å²) in [5.41, 5.74) is 4.33. The fourth-order valence-electron chi connectivity index (χ4n) is 4.87. The number of hydrogen-bond donors (Lipinski definition) is 1. The predicted molar refractivity (Wildman–Crippen MR) is 84.8 cm³/mol. The van der Waals surface area contributed by atoms with Crippen molar-refractivity contribution in [2.24, 2.45) is 17.8 Å². The third-order valence-electron chi connectivity index (χ3n) is 6.04. The van der Waals surface area contributed by atoms with Gasteiger partial charge in [0.15, 0.2) is 0 Å². The van der Waals surface area contributed by atoms with Crippen molar-refractivity contribution in [2.75, 3.05) is 0 Å². The smallest absolute Gasteiger partial charge is 0.0225 e. The highest BCUT2D eigenvalue weighted by atomic mass is 15.0. The first-order valence-corrected chi connectivity index (χ1v) is 8.49. The zero-order valence-corrected chi connectivity index (χ0v) is 13.6. The topological polar surface area (TPSA) is 17.0 Å². The SMILES string of the molecule is CCn1c(C)cc(CNC(C)C2CC3CCC2C3)c1C. The fourth-order valence-corrected chi connectivity index (χ4v) is 4.87. The third kappa shape index (κ3) is 2.43. The maximum Gasteiger partial charge on any atom is 0.0225 e. The molecule has 2 nitrogen and oxygen atoms in total. The van der Waals surface area contributed by atoms with Gasteiger partial charge in [-0.15, -0.1) is 0 Å². The first kappa shape index (κ1) is 14.2. The fraction of sp³-hybridized carbons (Fsp3) is 0.778. The van der Waals surface area contributed by atoms with Gasteiger partial charge in [0.1, 0.15) is 0 Å². The molecule has 0 radical (unpaired) electrons. The average molecular weight is 274 g/mol. The van der Waals surface area contributed by atoms with E-state index in [4.69, 9.17) is 0 Å². The van der Waals surface area contributed by atoms with E-state index in [2.05, 4.69) is 43.6 Å². The molecule has 20 heavy (non-hydrogen) atoms. The molecule has 3 rings (SSSR count). The van der Waals surface area contributed by atoms with Crippen LogP contribution in [0.3, 0.4) is 0 Å². The van der Waals surface area contributed by atoms with Crippen molar-refractivity contribution in [1.82, 2.24) is 9.88 Å². The van der Waals surface area contributed by atoms with Crippen LogP contribution in [0.5, 0.6) is 0 Å². The molecule has 2 bridgehead atoms. The summed E-state index contributed by atoms with van der Waals surface area (Å²) in [6, 6.07) is 3.04. The summed E-state index contributed by atoms with van der Waals surface area (Å²) in [4.78, 5) is 0. The van der Waals surface area contributed by atoms with Gasteiger partial charge in [0.2, 0.25) is 0 Å². The van der Waals surface area contributed by atoms with Gasteiger partial charge in [-0.2, -0.15) is 0 Å². The van der Waals surface area contributed by atoms with Gasteiger partial charge in [-0.3, -0.25) is 0 Å². The lowest BCUT2D eigenvalue weighted by Gasteiger charge is -2.28. The molecule has 4 atom stereocenters. The molecule has 0 aliphatic heterocycles. The van der Waals surface area contributed by atoms with E-state index in [9.17, 15) is 0 Å². The van der Waals surface area contributed by atoms with E-state index in [-0.39, 0.29) is 0 Å². The van der Waals surface area contributed by atoms with Crippen molar-refractivity contribution >= 4 is 0 Å². The van der Waals surface area contributed by atoms with Crippen LogP contribution in [0.4, 0.5) is 0 Å². The average Bonchev–Trinajstić information content (AvgIpc) is 3.11. The molecule has 2 saturated carbocycles.